The Morgan fingerprint density at radius 3 is 2.81 bits per heavy atom. The zero-order chi connectivity index (χ0) is 19.3. The zero-order valence-electron chi connectivity index (χ0n) is 14.3. The average molecular weight is 410 g/mol. The van der Waals surface area contributed by atoms with Crippen molar-refractivity contribution in [1.82, 2.24) is 9.29 Å². The van der Waals surface area contributed by atoms with Crippen molar-refractivity contribution >= 4 is 38.4 Å². The average Bonchev–Trinajstić information content (AvgIpc) is 2.96. The predicted octanol–water partition coefficient (Wildman–Crippen LogP) is 3.94. The fourth-order valence-corrected chi connectivity index (χ4v) is 4.98. The van der Waals surface area contributed by atoms with Gasteiger partial charge in [0.2, 0.25) is 0 Å². The number of nitrogens with one attached hydrogen (secondary N) is 2. The predicted molar refractivity (Wildman–Crippen MR) is 103 cm³/mol. The Balaban J connectivity index is 1.65. The fourth-order valence-electron chi connectivity index (χ4n) is 3.54. The molecule has 0 saturated heterocycles. The Labute approximate surface area is 160 Å². The molecule has 0 saturated carbocycles. The molecule has 1 aliphatic heterocycles. The maximum absolute atomic E-state index is 13.2. The molecule has 0 spiro atoms. The van der Waals surface area contributed by atoms with Crippen LogP contribution in [0.4, 0.5) is 10.1 Å². The molecule has 1 unspecified atom stereocenters. The van der Waals surface area contributed by atoms with Crippen LogP contribution in [0.1, 0.15) is 24.1 Å². The van der Waals surface area contributed by atoms with Gasteiger partial charge < -0.3 is 10.1 Å². The van der Waals surface area contributed by atoms with Gasteiger partial charge in [-0.1, -0.05) is 18.5 Å². The molecule has 3 aromatic rings. The first kappa shape index (κ1) is 18.1. The minimum atomic E-state index is -3.88. The molecule has 4 rings (SSSR count). The molecule has 0 amide bonds. The molecule has 9 heteroatoms. The SMILES string of the molecule is CC1CN(S(=O)(=O)Nc2ccc(F)c(O)c2)Cc2[nH]c3ccc(Cl)cc3c21. The number of aromatic amines is 1. The Morgan fingerprint density at radius 1 is 1.30 bits per heavy atom. The van der Waals surface area contributed by atoms with Crippen molar-refractivity contribution in [3.8, 4) is 5.75 Å². The van der Waals surface area contributed by atoms with Crippen LogP contribution in [-0.4, -0.2) is 29.4 Å². The number of hydrogen-bond donors (Lipinski definition) is 3. The third-order valence-corrected chi connectivity index (χ3v) is 6.41. The van der Waals surface area contributed by atoms with Crippen molar-refractivity contribution in [2.45, 2.75) is 19.4 Å². The van der Waals surface area contributed by atoms with E-state index in [0.717, 1.165) is 34.3 Å². The van der Waals surface area contributed by atoms with E-state index in [1.165, 1.54) is 10.4 Å². The van der Waals surface area contributed by atoms with E-state index in [9.17, 15) is 17.9 Å². The number of halogens is 2. The van der Waals surface area contributed by atoms with Gasteiger partial charge >= 0.3 is 10.2 Å². The number of nitrogens with zero attached hydrogens (tertiary/aromatic N) is 1. The summed E-state index contributed by atoms with van der Waals surface area (Å²) in [6.45, 7) is 2.42. The summed E-state index contributed by atoms with van der Waals surface area (Å²) in [4.78, 5) is 3.27. The lowest BCUT2D eigenvalue weighted by Crippen LogP contribution is -2.40. The number of phenols is 1. The quantitative estimate of drug-likeness (QED) is 0.612. The first-order valence-electron chi connectivity index (χ1n) is 8.31. The number of rotatable bonds is 3. The molecule has 0 fully saturated rings. The molecule has 2 aromatic carbocycles. The number of hydrogen-bond acceptors (Lipinski definition) is 3. The van der Waals surface area contributed by atoms with Crippen LogP contribution < -0.4 is 4.72 Å². The lowest BCUT2D eigenvalue weighted by Gasteiger charge is -2.30. The smallest absolute Gasteiger partial charge is 0.302 e. The number of aromatic nitrogens is 1. The van der Waals surface area contributed by atoms with E-state index >= 15 is 0 Å². The van der Waals surface area contributed by atoms with Crippen molar-refractivity contribution in [3.05, 3.63) is 58.5 Å². The van der Waals surface area contributed by atoms with Gasteiger partial charge in [-0.15, -0.1) is 0 Å². The lowest BCUT2D eigenvalue weighted by molar-refractivity contribution is 0.364. The van der Waals surface area contributed by atoms with Crippen molar-refractivity contribution < 1.29 is 17.9 Å². The molecule has 0 aliphatic carbocycles. The summed E-state index contributed by atoms with van der Waals surface area (Å²) in [7, 11) is -3.88. The topological polar surface area (TPSA) is 85.4 Å². The molecular weight excluding hydrogens is 393 g/mol. The second-order valence-electron chi connectivity index (χ2n) is 6.67. The van der Waals surface area contributed by atoms with E-state index in [4.69, 9.17) is 11.6 Å². The van der Waals surface area contributed by atoms with Gasteiger partial charge in [0.25, 0.3) is 0 Å². The van der Waals surface area contributed by atoms with Crippen molar-refractivity contribution in [1.29, 1.82) is 0 Å². The van der Waals surface area contributed by atoms with Gasteiger partial charge in [0, 0.05) is 34.2 Å². The van der Waals surface area contributed by atoms with Gasteiger partial charge in [-0.25, -0.2) is 4.39 Å². The summed E-state index contributed by atoms with van der Waals surface area (Å²) < 4.78 is 42.4. The summed E-state index contributed by atoms with van der Waals surface area (Å²) >= 11 is 6.10. The molecule has 27 heavy (non-hydrogen) atoms. The molecule has 1 aliphatic rings. The second-order valence-corrected chi connectivity index (χ2v) is 8.78. The van der Waals surface area contributed by atoms with Crippen molar-refractivity contribution in [2.24, 2.45) is 0 Å². The summed E-state index contributed by atoms with van der Waals surface area (Å²) in [6, 6.07) is 8.85. The molecule has 6 nitrogen and oxygen atoms in total. The number of anilines is 1. The van der Waals surface area contributed by atoms with Crippen LogP contribution >= 0.6 is 11.6 Å². The van der Waals surface area contributed by atoms with Crippen LogP contribution in [0, 0.1) is 5.82 Å². The highest BCUT2D eigenvalue weighted by Gasteiger charge is 2.33. The Bertz CT molecular complexity index is 1150. The lowest BCUT2D eigenvalue weighted by atomic mass is 9.95. The second kappa shape index (κ2) is 6.40. The van der Waals surface area contributed by atoms with E-state index in [0.29, 0.717) is 5.02 Å². The van der Waals surface area contributed by atoms with Crippen molar-refractivity contribution in [2.75, 3.05) is 11.3 Å². The molecule has 0 bridgehead atoms. The van der Waals surface area contributed by atoms with E-state index in [-0.39, 0.29) is 24.7 Å². The molecule has 0 radical (unpaired) electrons. The van der Waals surface area contributed by atoms with Crippen LogP contribution in [0.3, 0.4) is 0 Å². The van der Waals surface area contributed by atoms with Gasteiger partial charge in [-0.3, -0.25) is 4.72 Å². The monoisotopic (exact) mass is 409 g/mol. The Hall–Kier alpha value is -2.29. The van der Waals surface area contributed by atoms with Crippen LogP contribution in [0.2, 0.25) is 5.02 Å². The number of H-pyrrole nitrogens is 1. The highest BCUT2D eigenvalue weighted by molar-refractivity contribution is 7.90. The van der Waals surface area contributed by atoms with Crippen LogP contribution in [-0.2, 0) is 16.8 Å². The largest absolute Gasteiger partial charge is 0.505 e. The van der Waals surface area contributed by atoms with E-state index in [2.05, 4.69) is 9.71 Å². The third-order valence-electron chi connectivity index (χ3n) is 4.72. The zero-order valence-corrected chi connectivity index (χ0v) is 15.9. The van der Waals surface area contributed by atoms with Gasteiger partial charge in [0.05, 0.1) is 12.2 Å². The third kappa shape index (κ3) is 3.24. The number of benzene rings is 2. The molecular formula is C18H17ClFN3O3S. The molecule has 1 atom stereocenters. The van der Waals surface area contributed by atoms with Gasteiger partial charge in [-0.2, -0.15) is 12.7 Å². The van der Waals surface area contributed by atoms with Gasteiger partial charge in [0.1, 0.15) is 0 Å². The summed E-state index contributed by atoms with van der Waals surface area (Å²) in [5, 5.41) is 11.1. The Morgan fingerprint density at radius 2 is 2.07 bits per heavy atom. The van der Waals surface area contributed by atoms with E-state index in [1.54, 1.807) is 6.07 Å². The summed E-state index contributed by atoms with van der Waals surface area (Å²) in [6.07, 6.45) is 0. The number of phenolic OH excluding ortho intramolecular Hbond substituents is 1. The van der Waals surface area contributed by atoms with Gasteiger partial charge in [-0.05, 0) is 41.8 Å². The molecule has 142 valence electrons. The Kier molecular flexibility index (Phi) is 4.29. The number of fused-ring (bicyclic) bond motifs is 3. The highest BCUT2D eigenvalue weighted by Crippen LogP contribution is 2.36. The first-order chi connectivity index (χ1) is 12.7. The highest BCUT2D eigenvalue weighted by atomic mass is 35.5. The minimum absolute atomic E-state index is 0.0424. The summed E-state index contributed by atoms with van der Waals surface area (Å²) in [5.74, 6) is -1.47. The van der Waals surface area contributed by atoms with Crippen molar-refractivity contribution in [3.63, 3.8) is 0 Å². The molecule has 3 N–H and O–H groups in total. The van der Waals surface area contributed by atoms with Crippen LogP contribution in [0.25, 0.3) is 10.9 Å². The number of aromatic hydroxyl groups is 1. The van der Waals surface area contributed by atoms with E-state index in [1.807, 2.05) is 19.1 Å². The summed E-state index contributed by atoms with van der Waals surface area (Å²) in [5.41, 5.74) is 2.89. The van der Waals surface area contributed by atoms with Gasteiger partial charge in [0.15, 0.2) is 11.6 Å². The van der Waals surface area contributed by atoms with Crippen LogP contribution in [0.5, 0.6) is 5.75 Å². The standard InChI is InChI=1S/C18H17ClFN3O3S/c1-10-8-23(27(25,26)22-12-3-4-14(20)17(24)7-12)9-16-18(10)13-6-11(19)2-5-15(13)21-16/h2-7,10,21-22,24H,8-9H2,1H3. The minimum Gasteiger partial charge on any atom is -0.505 e. The fraction of sp³-hybridized carbons (Fsp3) is 0.222. The molecule has 2 heterocycles. The van der Waals surface area contributed by atoms with E-state index < -0.39 is 21.8 Å². The molecule has 1 aromatic heterocycles. The normalized spacial score (nSPS) is 17.8. The van der Waals surface area contributed by atoms with Crippen LogP contribution in [0.15, 0.2) is 36.4 Å². The maximum Gasteiger partial charge on any atom is 0.302 e. The maximum atomic E-state index is 13.2. The first-order valence-corrected chi connectivity index (χ1v) is 10.1.